The predicted octanol–water partition coefficient (Wildman–Crippen LogP) is 2.46. The fourth-order valence-corrected chi connectivity index (χ4v) is 1.74. The van der Waals surface area contributed by atoms with E-state index in [0.717, 1.165) is 0 Å². The van der Waals surface area contributed by atoms with Crippen LogP contribution in [0.5, 0.6) is 0 Å². The van der Waals surface area contributed by atoms with Crippen molar-refractivity contribution in [3.05, 3.63) is 36.2 Å². The minimum atomic E-state index is 0.676. The van der Waals surface area contributed by atoms with E-state index in [1.165, 1.54) is 18.5 Å². The van der Waals surface area contributed by atoms with Crippen molar-refractivity contribution in [3.8, 4) is 0 Å². The smallest absolute Gasteiger partial charge is 0.0240 e. The van der Waals surface area contributed by atoms with Crippen LogP contribution in [-0.4, -0.2) is 4.57 Å². The van der Waals surface area contributed by atoms with E-state index in [9.17, 15) is 0 Å². The van der Waals surface area contributed by atoms with Gasteiger partial charge >= 0.3 is 0 Å². The van der Waals surface area contributed by atoms with Crippen molar-refractivity contribution in [2.75, 3.05) is 0 Å². The molecule has 0 radical (unpaired) electrons. The summed E-state index contributed by atoms with van der Waals surface area (Å²) in [6.07, 6.45) is 9.24. The second-order valence-electron chi connectivity index (χ2n) is 3.16. The number of allylic oxidation sites excluding steroid dienone is 2. The number of aryl methyl sites for hydroxylation is 1. The van der Waals surface area contributed by atoms with Crippen molar-refractivity contribution in [1.82, 2.24) is 4.57 Å². The summed E-state index contributed by atoms with van der Waals surface area (Å²) in [5.41, 5.74) is 1.44. The van der Waals surface area contributed by atoms with E-state index in [0.29, 0.717) is 5.92 Å². The zero-order chi connectivity index (χ0) is 7.68. The summed E-state index contributed by atoms with van der Waals surface area (Å²) in [5, 5.41) is 0. The average Bonchev–Trinajstić information content (AvgIpc) is 2.55. The van der Waals surface area contributed by atoms with Crippen LogP contribution in [0.4, 0.5) is 0 Å². The molecule has 58 valence electrons. The summed E-state index contributed by atoms with van der Waals surface area (Å²) in [4.78, 5) is 0. The maximum Gasteiger partial charge on any atom is 0.0240 e. The summed E-state index contributed by atoms with van der Waals surface area (Å²) in [6.45, 7) is 0. The number of rotatable bonds is 1. The first-order valence-electron chi connectivity index (χ1n) is 4.16. The van der Waals surface area contributed by atoms with Crippen molar-refractivity contribution >= 4 is 0 Å². The highest BCUT2D eigenvalue weighted by Crippen LogP contribution is 2.27. The summed E-state index contributed by atoms with van der Waals surface area (Å²) in [6, 6.07) is 4.32. The monoisotopic (exact) mass is 147 g/mol. The minimum absolute atomic E-state index is 0.676. The Labute approximate surface area is 67.3 Å². The molecule has 0 amide bonds. The van der Waals surface area contributed by atoms with Gasteiger partial charge in [0.1, 0.15) is 0 Å². The molecule has 0 saturated carbocycles. The Balaban J connectivity index is 2.28. The molecule has 0 unspecified atom stereocenters. The van der Waals surface area contributed by atoms with Crippen LogP contribution in [0.15, 0.2) is 30.5 Å². The summed E-state index contributed by atoms with van der Waals surface area (Å²) < 4.78 is 2.21. The molecule has 1 aliphatic rings. The molecule has 1 aromatic rings. The average molecular weight is 147 g/mol. The first-order chi connectivity index (χ1) is 5.38. The molecule has 11 heavy (non-hydrogen) atoms. The Kier molecular flexibility index (Phi) is 1.57. The van der Waals surface area contributed by atoms with E-state index in [1.54, 1.807) is 0 Å². The van der Waals surface area contributed by atoms with E-state index >= 15 is 0 Å². The summed E-state index contributed by atoms with van der Waals surface area (Å²) in [5.74, 6) is 0.676. The minimum Gasteiger partial charge on any atom is -0.354 e. The molecule has 0 spiro atoms. The van der Waals surface area contributed by atoms with E-state index in [1.807, 2.05) is 0 Å². The summed E-state index contributed by atoms with van der Waals surface area (Å²) in [7, 11) is 2.11. The highest BCUT2D eigenvalue weighted by atomic mass is 14.9. The molecule has 2 rings (SSSR count). The number of hydrogen-bond acceptors (Lipinski definition) is 0. The highest BCUT2D eigenvalue weighted by Gasteiger charge is 2.13. The maximum absolute atomic E-state index is 2.31. The van der Waals surface area contributed by atoms with Gasteiger partial charge in [0.2, 0.25) is 0 Å². The highest BCUT2D eigenvalue weighted by molar-refractivity contribution is 5.20. The lowest BCUT2D eigenvalue weighted by molar-refractivity contribution is 0.718. The first kappa shape index (κ1) is 6.71. The van der Waals surface area contributed by atoms with Crippen LogP contribution in [0.25, 0.3) is 0 Å². The quantitative estimate of drug-likeness (QED) is 0.538. The predicted molar refractivity (Wildman–Crippen MR) is 46.5 cm³/mol. The Hall–Kier alpha value is -0.980. The van der Waals surface area contributed by atoms with E-state index in [-0.39, 0.29) is 0 Å². The largest absolute Gasteiger partial charge is 0.354 e. The van der Waals surface area contributed by atoms with Gasteiger partial charge in [0.25, 0.3) is 0 Å². The SMILES string of the molecule is Cn1cccc1[C@@H]1C=CCC1. The van der Waals surface area contributed by atoms with Crippen molar-refractivity contribution in [2.24, 2.45) is 7.05 Å². The molecule has 0 aliphatic heterocycles. The van der Waals surface area contributed by atoms with Crippen LogP contribution in [0.1, 0.15) is 24.5 Å². The fraction of sp³-hybridized carbons (Fsp3) is 0.400. The van der Waals surface area contributed by atoms with E-state index in [4.69, 9.17) is 0 Å². The third kappa shape index (κ3) is 1.11. The van der Waals surface area contributed by atoms with E-state index < -0.39 is 0 Å². The Morgan fingerprint density at radius 2 is 2.45 bits per heavy atom. The van der Waals surface area contributed by atoms with Crippen molar-refractivity contribution in [1.29, 1.82) is 0 Å². The molecule has 1 nitrogen and oxygen atoms in total. The number of hydrogen-bond donors (Lipinski definition) is 0. The second kappa shape index (κ2) is 2.57. The van der Waals surface area contributed by atoms with Gasteiger partial charge in [-0.05, 0) is 25.0 Å². The lowest BCUT2D eigenvalue weighted by Crippen LogP contribution is -1.98. The second-order valence-corrected chi connectivity index (χ2v) is 3.16. The lowest BCUT2D eigenvalue weighted by Gasteiger charge is -2.08. The molecule has 1 heterocycles. The number of aromatic nitrogens is 1. The van der Waals surface area contributed by atoms with E-state index in [2.05, 4.69) is 42.1 Å². The van der Waals surface area contributed by atoms with Crippen molar-refractivity contribution in [2.45, 2.75) is 18.8 Å². The molecule has 1 heteroatoms. The van der Waals surface area contributed by atoms with Gasteiger partial charge in [-0.15, -0.1) is 0 Å². The Morgan fingerprint density at radius 3 is 3.00 bits per heavy atom. The molecule has 0 saturated heterocycles. The zero-order valence-electron chi connectivity index (χ0n) is 6.83. The topological polar surface area (TPSA) is 4.93 Å². The summed E-state index contributed by atoms with van der Waals surface area (Å²) >= 11 is 0. The van der Waals surface area contributed by atoms with Gasteiger partial charge in [-0.3, -0.25) is 0 Å². The molecule has 0 aromatic carbocycles. The van der Waals surface area contributed by atoms with Gasteiger partial charge in [0.05, 0.1) is 0 Å². The molecule has 0 fully saturated rings. The molecular weight excluding hydrogens is 134 g/mol. The van der Waals surface area contributed by atoms with Crippen LogP contribution in [0, 0.1) is 0 Å². The van der Waals surface area contributed by atoms with Crippen LogP contribution in [-0.2, 0) is 7.05 Å². The third-order valence-electron chi connectivity index (χ3n) is 2.38. The fourth-order valence-electron chi connectivity index (χ4n) is 1.74. The van der Waals surface area contributed by atoms with Crippen molar-refractivity contribution in [3.63, 3.8) is 0 Å². The van der Waals surface area contributed by atoms with Crippen LogP contribution in [0.3, 0.4) is 0 Å². The molecule has 0 N–H and O–H groups in total. The van der Waals surface area contributed by atoms with Gasteiger partial charge in [-0.1, -0.05) is 12.2 Å². The van der Waals surface area contributed by atoms with Crippen LogP contribution < -0.4 is 0 Å². The number of nitrogens with zero attached hydrogens (tertiary/aromatic N) is 1. The van der Waals surface area contributed by atoms with Gasteiger partial charge in [-0.25, -0.2) is 0 Å². The van der Waals surface area contributed by atoms with Gasteiger partial charge < -0.3 is 4.57 Å². The molecule has 1 aromatic heterocycles. The molecular formula is C10H13N. The molecule has 1 atom stereocenters. The normalized spacial score (nSPS) is 22.8. The maximum atomic E-state index is 2.31. The Morgan fingerprint density at radius 1 is 1.55 bits per heavy atom. The van der Waals surface area contributed by atoms with Crippen LogP contribution >= 0.6 is 0 Å². The molecule has 0 bridgehead atoms. The van der Waals surface area contributed by atoms with Gasteiger partial charge in [0, 0.05) is 24.9 Å². The van der Waals surface area contributed by atoms with Gasteiger partial charge in [-0.2, -0.15) is 0 Å². The third-order valence-corrected chi connectivity index (χ3v) is 2.38. The first-order valence-corrected chi connectivity index (χ1v) is 4.16. The lowest BCUT2D eigenvalue weighted by atomic mass is 10.1. The zero-order valence-corrected chi connectivity index (χ0v) is 6.83. The Bertz CT molecular complexity index is 270. The molecule has 1 aliphatic carbocycles. The van der Waals surface area contributed by atoms with Crippen LogP contribution in [0.2, 0.25) is 0 Å². The van der Waals surface area contributed by atoms with Gasteiger partial charge in [0.15, 0.2) is 0 Å². The standard InChI is InChI=1S/C10H13N/c1-11-8-4-7-10(11)9-5-2-3-6-9/h2,4-5,7-9H,3,6H2,1H3/t9-/m1/s1. The van der Waals surface area contributed by atoms with Crippen molar-refractivity contribution < 1.29 is 0 Å².